The summed E-state index contributed by atoms with van der Waals surface area (Å²) in [7, 11) is -15.2. The largest absolute Gasteiger partial charge is 0.508 e. The number of phenols is 1. The molecule has 0 aliphatic heterocycles. The van der Waals surface area contributed by atoms with Gasteiger partial charge in [0.25, 0.3) is 0 Å². The van der Waals surface area contributed by atoms with E-state index in [9.17, 15) is 48.8 Å². The topological polar surface area (TPSA) is 266 Å². The molecule has 5 N–H and O–H groups in total. The van der Waals surface area contributed by atoms with Crippen LogP contribution < -0.4 is 0 Å². The Morgan fingerprint density at radius 1 is 0.860 bits per heavy atom. The summed E-state index contributed by atoms with van der Waals surface area (Å²) in [5.74, 6) is -1.00. The molecule has 4 aliphatic carbocycles. The van der Waals surface area contributed by atoms with E-state index < -0.39 is 72.9 Å². The van der Waals surface area contributed by atoms with Crippen molar-refractivity contribution in [2.75, 3.05) is 0 Å². The first-order valence-corrected chi connectivity index (χ1v) is 23.1. The van der Waals surface area contributed by atoms with Crippen LogP contribution in [0.25, 0.3) is 11.3 Å². The zero-order chi connectivity index (χ0) is 41.9. The molecular weight excluding hydrogens is 809 g/mol. The van der Waals surface area contributed by atoms with E-state index in [1.165, 1.54) is 18.3 Å². The molecule has 4 fully saturated rings. The molecule has 1 heterocycles. The molecule has 57 heavy (non-hydrogen) atoms. The van der Waals surface area contributed by atoms with Gasteiger partial charge in [0.2, 0.25) is 5.82 Å². The number of benzene rings is 1. The predicted molar refractivity (Wildman–Crippen MR) is 203 cm³/mol. The van der Waals surface area contributed by atoms with E-state index >= 15 is 0 Å². The number of H-pyrrole nitrogens is 1. The Morgan fingerprint density at radius 2 is 1.46 bits per heavy atom. The van der Waals surface area contributed by atoms with Crippen molar-refractivity contribution in [1.82, 2.24) is 9.97 Å². The fourth-order valence-corrected chi connectivity index (χ4v) is 13.0. The molecule has 12 unspecified atom stereocenters. The number of nitrogens with one attached hydrogen (secondary N) is 1. The third-order valence-electron chi connectivity index (χ3n) is 13.8. The summed E-state index contributed by atoms with van der Waals surface area (Å²) >= 11 is 0. The third-order valence-corrected chi connectivity index (χ3v) is 15.2. The lowest BCUT2D eigenvalue weighted by atomic mass is 9.43. The molecule has 4 aliphatic rings. The maximum absolute atomic E-state index is 13.2. The quantitative estimate of drug-likeness (QED) is 0.0861. The number of hydrogen-bond donors (Lipinski definition) is 5. The summed E-state index contributed by atoms with van der Waals surface area (Å²) in [6, 6.07) is 6.46. The van der Waals surface area contributed by atoms with Gasteiger partial charge in [0, 0.05) is 0 Å². The van der Waals surface area contributed by atoms with Gasteiger partial charge in [-0.2, -0.15) is 25.3 Å². The van der Waals surface area contributed by atoms with Crippen LogP contribution in [0, 0.1) is 46.3 Å². The van der Waals surface area contributed by atoms with Gasteiger partial charge in [-0.25, -0.2) is 22.3 Å². The standard InChI is InChI=1S/C37H52N2O15S3/c1-20(2)30(51-35(41)34-38-19-29(39-34)22-7-9-23(40)10-8-22)13-6-21(3)25-11-12-26-24-16-31(52-55(42,43)44)28-17-32(53-56(45,46)47)33(54-57(48,49)50)18-37(28,5)27(24)14-15-36(25,26)4/h7-10,19,21,24-28,30-33,40H,1,6,11-18H2,2-5H3,(H,38,39)(H,42,43,44)(H,45,46,47)(H,48,49,50). The number of carbonyl (C=O) groups excluding carboxylic acids is 1. The van der Waals surface area contributed by atoms with E-state index in [0.29, 0.717) is 30.5 Å². The number of nitrogens with zero attached hydrogens (tertiary/aromatic N) is 1. The van der Waals surface area contributed by atoms with Crippen LogP contribution in [0.2, 0.25) is 0 Å². The summed E-state index contributed by atoms with van der Waals surface area (Å²) in [5, 5.41) is 9.60. The van der Waals surface area contributed by atoms with Crippen LogP contribution in [0.3, 0.4) is 0 Å². The number of aromatic amines is 1. The summed E-state index contributed by atoms with van der Waals surface area (Å²) in [4.78, 5) is 20.4. The average Bonchev–Trinajstić information content (AvgIpc) is 3.71. The van der Waals surface area contributed by atoms with Gasteiger partial charge in [0.05, 0.1) is 18.0 Å². The molecule has 0 saturated heterocycles. The molecule has 318 valence electrons. The molecule has 20 heteroatoms. The number of hydrogen-bond acceptors (Lipinski definition) is 13. The second-order valence-electron chi connectivity index (χ2n) is 17.1. The minimum atomic E-state index is -5.13. The molecule has 0 bridgehead atoms. The van der Waals surface area contributed by atoms with Gasteiger partial charge in [-0.3, -0.25) is 13.7 Å². The first-order valence-electron chi connectivity index (χ1n) is 19.0. The van der Waals surface area contributed by atoms with Crippen molar-refractivity contribution in [3.63, 3.8) is 0 Å². The van der Waals surface area contributed by atoms with Crippen LogP contribution in [0.5, 0.6) is 5.75 Å². The number of aromatic hydroxyl groups is 1. The number of carbonyl (C=O) groups is 1. The highest BCUT2D eigenvalue weighted by molar-refractivity contribution is 7.81. The summed E-state index contributed by atoms with van der Waals surface area (Å²) < 4.78 is 122. The van der Waals surface area contributed by atoms with Crippen molar-refractivity contribution in [2.45, 2.75) is 110 Å². The highest BCUT2D eigenvalue weighted by Gasteiger charge is 2.65. The molecule has 0 radical (unpaired) electrons. The minimum Gasteiger partial charge on any atom is -0.508 e. The monoisotopic (exact) mass is 860 g/mol. The van der Waals surface area contributed by atoms with Crippen molar-refractivity contribution in [3.05, 3.63) is 48.4 Å². The second-order valence-corrected chi connectivity index (χ2v) is 20.2. The van der Waals surface area contributed by atoms with Gasteiger partial charge < -0.3 is 14.8 Å². The van der Waals surface area contributed by atoms with Crippen molar-refractivity contribution >= 4 is 37.2 Å². The Hall–Kier alpha value is -2.95. The smallest absolute Gasteiger partial charge is 0.397 e. The maximum Gasteiger partial charge on any atom is 0.397 e. The fourth-order valence-electron chi connectivity index (χ4n) is 11.4. The number of rotatable bonds is 14. The summed E-state index contributed by atoms with van der Waals surface area (Å²) in [5.41, 5.74) is 0.883. The first kappa shape index (κ1) is 43.6. The molecule has 1 aromatic heterocycles. The summed E-state index contributed by atoms with van der Waals surface area (Å²) in [6.45, 7) is 12.1. The fraction of sp³-hybridized carbons (Fsp3) is 0.676. The van der Waals surface area contributed by atoms with Crippen LogP contribution >= 0.6 is 0 Å². The van der Waals surface area contributed by atoms with E-state index in [1.807, 2.05) is 6.92 Å². The highest BCUT2D eigenvalue weighted by atomic mass is 32.3. The Morgan fingerprint density at radius 3 is 2.07 bits per heavy atom. The van der Waals surface area contributed by atoms with Gasteiger partial charge in [-0.05, 0) is 146 Å². The van der Waals surface area contributed by atoms with E-state index in [1.54, 1.807) is 19.1 Å². The van der Waals surface area contributed by atoms with Crippen molar-refractivity contribution in [1.29, 1.82) is 0 Å². The van der Waals surface area contributed by atoms with Crippen molar-refractivity contribution < 1.29 is 66.1 Å². The number of aromatic nitrogens is 2. The lowest BCUT2D eigenvalue weighted by molar-refractivity contribution is -0.184. The number of fused-ring (bicyclic) bond motifs is 5. The normalized spacial score (nSPS) is 34.0. The zero-order valence-corrected chi connectivity index (χ0v) is 34.6. The number of esters is 1. The van der Waals surface area contributed by atoms with Gasteiger partial charge >= 0.3 is 37.2 Å². The van der Waals surface area contributed by atoms with Crippen LogP contribution in [0.1, 0.15) is 96.1 Å². The Kier molecular flexibility index (Phi) is 12.2. The van der Waals surface area contributed by atoms with Gasteiger partial charge in [0.15, 0.2) is 0 Å². The number of ether oxygens (including phenoxy) is 1. The average molecular weight is 861 g/mol. The zero-order valence-electron chi connectivity index (χ0n) is 32.2. The van der Waals surface area contributed by atoms with Crippen LogP contribution in [-0.2, 0) is 48.5 Å². The molecule has 0 amide bonds. The lowest BCUT2D eigenvalue weighted by Crippen LogP contribution is -2.62. The van der Waals surface area contributed by atoms with E-state index in [2.05, 4.69) is 30.4 Å². The van der Waals surface area contributed by atoms with E-state index in [-0.39, 0.29) is 65.8 Å². The molecular formula is C37H52N2O15S3. The van der Waals surface area contributed by atoms with Crippen LogP contribution in [0.4, 0.5) is 0 Å². The molecule has 4 saturated carbocycles. The molecule has 17 nitrogen and oxygen atoms in total. The second kappa shape index (κ2) is 15.9. The van der Waals surface area contributed by atoms with Crippen molar-refractivity contribution in [3.8, 4) is 17.0 Å². The van der Waals surface area contributed by atoms with Gasteiger partial charge in [0.1, 0.15) is 24.1 Å². The third kappa shape index (κ3) is 9.59. The minimum absolute atomic E-state index is 0.0373. The van der Waals surface area contributed by atoms with Crippen molar-refractivity contribution in [2.24, 2.45) is 46.3 Å². The predicted octanol–water partition coefficient (Wildman–Crippen LogP) is 5.74. The highest BCUT2D eigenvalue weighted by Crippen LogP contribution is 2.69. The Labute approximate surface area is 333 Å². The molecule has 1 aromatic carbocycles. The lowest BCUT2D eigenvalue weighted by Gasteiger charge is -2.63. The van der Waals surface area contributed by atoms with E-state index in [4.69, 9.17) is 17.3 Å². The van der Waals surface area contributed by atoms with E-state index in [0.717, 1.165) is 24.8 Å². The van der Waals surface area contributed by atoms with Gasteiger partial charge in [-0.15, -0.1) is 0 Å². The first-order chi connectivity index (χ1) is 26.4. The van der Waals surface area contributed by atoms with Crippen LogP contribution in [0.15, 0.2) is 42.6 Å². The maximum atomic E-state index is 13.2. The number of phenolic OH excluding ortho intramolecular Hbond substituents is 1. The molecule has 2 aromatic rings. The molecule has 0 spiro atoms. The Bertz CT molecular complexity index is 2160. The number of imidazole rings is 1. The Balaban J connectivity index is 1.18. The SMILES string of the molecule is C=C(C)C(CCC(C)C1CCC2C3CC(OS(=O)(=O)O)C4CC(OS(=O)(=O)O)C(OS(=O)(=O)O)CC4(C)C3CCC12C)OC(=O)c1ncc(-c2ccc(O)cc2)[nH]1. The molecule has 6 rings (SSSR count). The van der Waals surface area contributed by atoms with Gasteiger partial charge in [-0.1, -0.05) is 27.4 Å². The summed E-state index contributed by atoms with van der Waals surface area (Å²) in [6.07, 6.45) is 0.743. The molecule has 12 atom stereocenters. The van der Waals surface area contributed by atoms with Crippen LogP contribution in [-0.4, -0.2) is 84.4 Å².